The molecule has 1 aliphatic heterocycles. The van der Waals surface area contributed by atoms with Crippen LogP contribution in [0.3, 0.4) is 0 Å². The molecule has 186 valence electrons. The standard InChI is InChI=1S/C26H32N4O5/c1-6-34-22-13-17(7-8-21(22)33-5)16-30-23-20(28-24(30)31)14-19(15-27-23)18-9-11-29(12-10-18)25(32)35-26(2,3)4/h7-9,13-15H,6,10-12,16H2,1-5H3,(H,28,31). The summed E-state index contributed by atoms with van der Waals surface area (Å²) in [5.41, 5.74) is 3.42. The maximum Gasteiger partial charge on any atom is 0.410 e. The fraction of sp³-hybridized carbons (Fsp3) is 0.423. The largest absolute Gasteiger partial charge is 0.493 e. The first kappa shape index (κ1) is 24.4. The second kappa shape index (κ2) is 9.85. The average molecular weight is 481 g/mol. The number of methoxy groups -OCH3 is 1. The third-order valence-corrected chi connectivity index (χ3v) is 5.71. The number of aromatic amines is 1. The van der Waals surface area contributed by atoms with Crippen LogP contribution in [0.15, 0.2) is 41.3 Å². The molecule has 0 radical (unpaired) electrons. The number of hydrogen-bond acceptors (Lipinski definition) is 6. The normalized spacial score (nSPS) is 14.1. The minimum atomic E-state index is -0.522. The number of aromatic nitrogens is 3. The molecule has 1 aliphatic rings. The van der Waals surface area contributed by atoms with Gasteiger partial charge in [-0.05, 0) is 69.0 Å². The highest BCUT2D eigenvalue weighted by atomic mass is 16.6. The number of nitrogens with one attached hydrogen (secondary N) is 1. The molecule has 1 amide bonds. The lowest BCUT2D eigenvalue weighted by Gasteiger charge is -2.29. The van der Waals surface area contributed by atoms with Crippen molar-refractivity contribution < 1.29 is 19.0 Å². The van der Waals surface area contributed by atoms with Gasteiger partial charge in [-0.3, -0.25) is 4.57 Å². The average Bonchev–Trinajstić information content (AvgIpc) is 3.12. The van der Waals surface area contributed by atoms with Gasteiger partial charge in [-0.1, -0.05) is 12.1 Å². The van der Waals surface area contributed by atoms with E-state index < -0.39 is 5.60 Å². The Morgan fingerprint density at radius 1 is 1.20 bits per heavy atom. The first-order valence-corrected chi connectivity index (χ1v) is 11.7. The van der Waals surface area contributed by atoms with Crippen molar-refractivity contribution in [3.05, 3.63) is 58.1 Å². The van der Waals surface area contributed by atoms with E-state index in [1.54, 1.807) is 22.8 Å². The van der Waals surface area contributed by atoms with Gasteiger partial charge in [0.1, 0.15) is 5.60 Å². The summed E-state index contributed by atoms with van der Waals surface area (Å²) in [5, 5.41) is 0. The van der Waals surface area contributed by atoms with Gasteiger partial charge < -0.3 is 24.1 Å². The van der Waals surface area contributed by atoms with Gasteiger partial charge in [-0.25, -0.2) is 14.6 Å². The summed E-state index contributed by atoms with van der Waals surface area (Å²) in [6, 6.07) is 7.56. The maximum atomic E-state index is 12.7. The van der Waals surface area contributed by atoms with Gasteiger partial charge >= 0.3 is 11.8 Å². The predicted octanol–water partition coefficient (Wildman–Crippen LogP) is 4.20. The number of imidazole rings is 1. The number of ether oxygens (including phenoxy) is 3. The Hall–Kier alpha value is -3.75. The molecule has 35 heavy (non-hydrogen) atoms. The molecule has 2 aromatic heterocycles. The zero-order valence-electron chi connectivity index (χ0n) is 20.9. The quantitative estimate of drug-likeness (QED) is 0.568. The molecule has 0 bridgehead atoms. The molecule has 0 unspecified atom stereocenters. The van der Waals surface area contributed by atoms with Crippen LogP contribution in [0.1, 0.15) is 45.2 Å². The number of nitrogens with zero attached hydrogens (tertiary/aromatic N) is 3. The Kier molecular flexibility index (Phi) is 6.86. The predicted molar refractivity (Wildman–Crippen MR) is 134 cm³/mol. The van der Waals surface area contributed by atoms with Crippen molar-refractivity contribution >= 4 is 22.8 Å². The fourth-order valence-electron chi connectivity index (χ4n) is 4.06. The Morgan fingerprint density at radius 3 is 2.66 bits per heavy atom. The molecule has 0 fully saturated rings. The monoisotopic (exact) mass is 480 g/mol. The second-order valence-electron chi connectivity index (χ2n) is 9.44. The first-order valence-electron chi connectivity index (χ1n) is 11.7. The minimum Gasteiger partial charge on any atom is -0.493 e. The summed E-state index contributed by atoms with van der Waals surface area (Å²) in [4.78, 5) is 34.3. The van der Waals surface area contributed by atoms with Crippen LogP contribution in [-0.2, 0) is 11.3 Å². The Balaban J connectivity index is 1.54. The van der Waals surface area contributed by atoms with Gasteiger partial charge in [0.25, 0.3) is 0 Å². The number of fused-ring (bicyclic) bond motifs is 1. The zero-order valence-corrected chi connectivity index (χ0v) is 20.9. The summed E-state index contributed by atoms with van der Waals surface area (Å²) >= 11 is 0. The summed E-state index contributed by atoms with van der Waals surface area (Å²) in [6.45, 7) is 9.39. The lowest BCUT2D eigenvalue weighted by molar-refractivity contribution is 0.0270. The van der Waals surface area contributed by atoms with Crippen molar-refractivity contribution in [1.82, 2.24) is 19.4 Å². The van der Waals surface area contributed by atoms with E-state index in [0.29, 0.717) is 55.3 Å². The molecule has 1 N–H and O–H groups in total. The molecule has 1 aromatic carbocycles. The molecule has 4 rings (SSSR count). The van der Waals surface area contributed by atoms with Crippen LogP contribution in [0.25, 0.3) is 16.7 Å². The molecule has 0 saturated carbocycles. The van der Waals surface area contributed by atoms with Crippen molar-refractivity contribution in [2.24, 2.45) is 0 Å². The number of rotatable bonds is 6. The second-order valence-corrected chi connectivity index (χ2v) is 9.44. The van der Waals surface area contributed by atoms with E-state index in [2.05, 4.69) is 9.97 Å². The SMILES string of the molecule is CCOc1cc(Cn2c(=O)[nH]c3cc(C4=CCN(C(=O)OC(C)(C)C)CC4)cnc32)ccc1OC. The minimum absolute atomic E-state index is 0.229. The molecule has 3 aromatic rings. The van der Waals surface area contributed by atoms with E-state index in [-0.39, 0.29) is 11.8 Å². The molecule has 9 heteroatoms. The molecular weight excluding hydrogens is 448 g/mol. The van der Waals surface area contributed by atoms with Crippen molar-refractivity contribution in [3.8, 4) is 11.5 Å². The molecule has 0 saturated heterocycles. The van der Waals surface area contributed by atoms with Crippen molar-refractivity contribution in [2.45, 2.75) is 46.3 Å². The zero-order chi connectivity index (χ0) is 25.2. The number of H-pyrrole nitrogens is 1. The summed E-state index contributed by atoms with van der Waals surface area (Å²) < 4.78 is 18.1. The van der Waals surface area contributed by atoms with Crippen LogP contribution in [0.5, 0.6) is 11.5 Å². The van der Waals surface area contributed by atoms with Crippen molar-refractivity contribution in [1.29, 1.82) is 0 Å². The van der Waals surface area contributed by atoms with Crippen LogP contribution in [0, 0.1) is 0 Å². The molecule has 0 atom stereocenters. The number of hydrogen-bond donors (Lipinski definition) is 1. The van der Waals surface area contributed by atoms with Gasteiger partial charge in [-0.15, -0.1) is 0 Å². The van der Waals surface area contributed by atoms with E-state index in [1.165, 1.54) is 0 Å². The number of amides is 1. The topological polar surface area (TPSA) is 98.7 Å². The highest BCUT2D eigenvalue weighted by Gasteiger charge is 2.24. The number of benzene rings is 1. The molecule has 3 heterocycles. The summed E-state index contributed by atoms with van der Waals surface area (Å²) in [6.07, 6.45) is 4.16. The Morgan fingerprint density at radius 2 is 2.00 bits per heavy atom. The summed E-state index contributed by atoms with van der Waals surface area (Å²) in [5.74, 6) is 1.29. The number of pyridine rings is 1. The number of carbonyl (C=O) groups excluding carboxylic acids is 1. The number of carbonyl (C=O) groups is 1. The molecule has 0 aliphatic carbocycles. The van der Waals surface area contributed by atoms with Crippen LogP contribution < -0.4 is 15.2 Å². The van der Waals surface area contributed by atoms with E-state index >= 15 is 0 Å². The lowest BCUT2D eigenvalue weighted by Crippen LogP contribution is -2.39. The van der Waals surface area contributed by atoms with Gasteiger partial charge in [0, 0.05) is 19.3 Å². The molecule has 9 nitrogen and oxygen atoms in total. The van der Waals surface area contributed by atoms with Crippen molar-refractivity contribution in [2.75, 3.05) is 26.8 Å². The lowest BCUT2D eigenvalue weighted by atomic mass is 10.0. The third-order valence-electron chi connectivity index (χ3n) is 5.71. The Bertz CT molecular complexity index is 1320. The molecule has 0 spiro atoms. The summed E-state index contributed by atoms with van der Waals surface area (Å²) in [7, 11) is 1.60. The van der Waals surface area contributed by atoms with E-state index in [1.807, 2.05) is 58.0 Å². The third kappa shape index (κ3) is 5.50. The molecular formula is C26H32N4O5. The van der Waals surface area contributed by atoms with E-state index in [9.17, 15) is 9.59 Å². The smallest absolute Gasteiger partial charge is 0.410 e. The van der Waals surface area contributed by atoms with Crippen LogP contribution in [-0.4, -0.2) is 57.9 Å². The van der Waals surface area contributed by atoms with Gasteiger partial charge in [0.15, 0.2) is 17.1 Å². The van der Waals surface area contributed by atoms with Gasteiger partial charge in [0.05, 0.1) is 25.8 Å². The highest BCUT2D eigenvalue weighted by Crippen LogP contribution is 2.29. The van der Waals surface area contributed by atoms with E-state index in [4.69, 9.17) is 14.2 Å². The van der Waals surface area contributed by atoms with Gasteiger partial charge in [-0.2, -0.15) is 0 Å². The van der Waals surface area contributed by atoms with Crippen LogP contribution >= 0.6 is 0 Å². The fourth-order valence-corrected chi connectivity index (χ4v) is 4.06. The van der Waals surface area contributed by atoms with Crippen LogP contribution in [0.2, 0.25) is 0 Å². The van der Waals surface area contributed by atoms with Crippen molar-refractivity contribution in [3.63, 3.8) is 0 Å². The van der Waals surface area contributed by atoms with Crippen LogP contribution in [0.4, 0.5) is 4.79 Å². The highest BCUT2D eigenvalue weighted by molar-refractivity contribution is 5.78. The van der Waals surface area contributed by atoms with Gasteiger partial charge in [0.2, 0.25) is 0 Å². The maximum absolute atomic E-state index is 12.7. The van der Waals surface area contributed by atoms with E-state index in [0.717, 1.165) is 16.7 Å². The first-order chi connectivity index (χ1) is 16.7. The Labute approximate surface area is 204 Å².